The summed E-state index contributed by atoms with van der Waals surface area (Å²) < 4.78 is 5.52. The van der Waals surface area contributed by atoms with Crippen molar-refractivity contribution in [3.05, 3.63) is 23.9 Å². The molecule has 4 rings (SSSR count). The molecule has 0 spiro atoms. The summed E-state index contributed by atoms with van der Waals surface area (Å²) >= 11 is 0. The SMILES string of the molecule is CCC(=O)c1cc(N2CCOC[C@H]2C)nc2c(-c3ccn[nH]3)[nH]nc12. The van der Waals surface area contributed by atoms with Gasteiger partial charge in [0.15, 0.2) is 5.78 Å². The van der Waals surface area contributed by atoms with Crippen LogP contribution in [0.1, 0.15) is 30.6 Å². The maximum Gasteiger partial charge on any atom is 0.165 e. The summed E-state index contributed by atoms with van der Waals surface area (Å²) in [5, 5.41) is 14.3. The molecule has 8 heteroatoms. The fraction of sp³-hybridized carbons (Fsp3) is 0.412. The zero-order chi connectivity index (χ0) is 17.4. The highest BCUT2D eigenvalue weighted by Crippen LogP contribution is 2.30. The van der Waals surface area contributed by atoms with E-state index in [9.17, 15) is 4.79 Å². The second-order valence-corrected chi connectivity index (χ2v) is 6.19. The molecule has 0 radical (unpaired) electrons. The lowest BCUT2D eigenvalue weighted by Gasteiger charge is -2.34. The Hall–Kier alpha value is -2.74. The van der Waals surface area contributed by atoms with Gasteiger partial charge >= 0.3 is 0 Å². The predicted octanol–water partition coefficient (Wildman–Crippen LogP) is 2.17. The van der Waals surface area contributed by atoms with Gasteiger partial charge in [-0.1, -0.05) is 6.92 Å². The number of H-pyrrole nitrogens is 2. The van der Waals surface area contributed by atoms with Gasteiger partial charge in [-0.2, -0.15) is 10.2 Å². The van der Waals surface area contributed by atoms with Gasteiger partial charge in [0, 0.05) is 19.2 Å². The van der Waals surface area contributed by atoms with Crippen molar-refractivity contribution in [2.24, 2.45) is 0 Å². The number of morpholine rings is 1. The monoisotopic (exact) mass is 340 g/mol. The number of carbonyl (C=O) groups is 1. The van der Waals surface area contributed by atoms with Gasteiger partial charge in [0.2, 0.25) is 0 Å². The third-order valence-corrected chi connectivity index (χ3v) is 4.55. The van der Waals surface area contributed by atoms with Crippen LogP contribution in [0.15, 0.2) is 18.3 Å². The lowest BCUT2D eigenvalue weighted by Crippen LogP contribution is -2.44. The van der Waals surface area contributed by atoms with Crippen molar-refractivity contribution in [2.45, 2.75) is 26.3 Å². The van der Waals surface area contributed by atoms with Crippen molar-refractivity contribution in [3.8, 4) is 11.4 Å². The summed E-state index contributed by atoms with van der Waals surface area (Å²) in [4.78, 5) is 19.5. The number of nitrogens with zero attached hydrogens (tertiary/aromatic N) is 4. The maximum absolute atomic E-state index is 12.5. The Labute approximate surface area is 144 Å². The lowest BCUT2D eigenvalue weighted by molar-refractivity contribution is 0.0982. The van der Waals surface area contributed by atoms with Crippen molar-refractivity contribution < 1.29 is 9.53 Å². The van der Waals surface area contributed by atoms with Crippen LogP contribution in [0.5, 0.6) is 0 Å². The predicted molar refractivity (Wildman–Crippen MR) is 93.7 cm³/mol. The van der Waals surface area contributed by atoms with Crippen LogP contribution in [0.2, 0.25) is 0 Å². The zero-order valence-electron chi connectivity index (χ0n) is 14.2. The number of aromatic nitrogens is 5. The molecule has 25 heavy (non-hydrogen) atoms. The fourth-order valence-electron chi connectivity index (χ4n) is 3.18. The van der Waals surface area contributed by atoms with E-state index in [1.165, 1.54) is 0 Å². The first-order valence-corrected chi connectivity index (χ1v) is 8.45. The van der Waals surface area contributed by atoms with Crippen molar-refractivity contribution in [1.82, 2.24) is 25.4 Å². The van der Waals surface area contributed by atoms with Gasteiger partial charge in [-0.3, -0.25) is 15.0 Å². The highest BCUT2D eigenvalue weighted by molar-refractivity contribution is 6.08. The first-order valence-electron chi connectivity index (χ1n) is 8.45. The van der Waals surface area contributed by atoms with Crippen LogP contribution >= 0.6 is 0 Å². The number of aromatic amines is 2. The number of pyridine rings is 1. The first kappa shape index (κ1) is 15.8. The van der Waals surface area contributed by atoms with Crippen LogP contribution in [0.4, 0.5) is 5.82 Å². The molecule has 130 valence electrons. The van der Waals surface area contributed by atoms with Crippen LogP contribution in [0.25, 0.3) is 22.4 Å². The Balaban J connectivity index is 1.91. The van der Waals surface area contributed by atoms with Gasteiger partial charge < -0.3 is 9.64 Å². The second-order valence-electron chi connectivity index (χ2n) is 6.19. The molecule has 0 bridgehead atoms. The molecule has 0 aliphatic carbocycles. The molecular formula is C17H20N6O2. The number of anilines is 1. The number of ether oxygens (including phenoxy) is 1. The summed E-state index contributed by atoms with van der Waals surface area (Å²) in [6, 6.07) is 3.90. The van der Waals surface area contributed by atoms with Crippen molar-refractivity contribution in [1.29, 1.82) is 0 Å². The zero-order valence-corrected chi connectivity index (χ0v) is 14.2. The molecule has 2 N–H and O–H groups in total. The van der Waals surface area contributed by atoms with E-state index in [1.54, 1.807) is 6.20 Å². The normalized spacial score (nSPS) is 18.0. The Kier molecular flexibility index (Phi) is 3.96. The van der Waals surface area contributed by atoms with Gasteiger partial charge in [0.1, 0.15) is 22.5 Å². The highest BCUT2D eigenvalue weighted by atomic mass is 16.5. The van der Waals surface area contributed by atoms with Crippen LogP contribution in [0, 0.1) is 0 Å². The highest BCUT2D eigenvalue weighted by Gasteiger charge is 2.24. The van der Waals surface area contributed by atoms with Crippen molar-refractivity contribution in [2.75, 3.05) is 24.7 Å². The fourth-order valence-corrected chi connectivity index (χ4v) is 3.18. The molecular weight excluding hydrogens is 320 g/mol. The third kappa shape index (κ3) is 2.68. The van der Waals surface area contributed by atoms with E-state index in [1.807, 2.05) is 19.1 Å². The van der Waals surface area contributed by atoms with Crippen molar-refractivity contribution in [3.63, 3.8) is 0 Å². The summed E-state index contributed by atoms with van der Waals surface area (Å²) in [6.07, 6.45) is 2.09. The average Bonchev–Trinajstić information content (AvgIpc) is 3.29. The molecule has 1 fully saturated rings. The molecule has 1 atom stereocenters. The molecule has 0 unspecified atom stereocenters. The Morgan fingerprint density at radius 3 is 3.00 bits per heavy atom. The number of nitrogens with one attached hydrogen (secondary N) is 2. The number of Topliss-reactive ketones (excluding diaryl/α,β-unsaturated/α-hetero) is 1. The van der Waals surface area contributed by atoms with Gasteiger partial charge in [-0.05, 0) is 19.1 Å². The van der Waals surface area contributed by atoms with Crippen LogP contribution < -0.4 is 4.90 Å². The maximum atomic E-state index is 12.5. The smallest absolute Gasteiger partial charge is 0.165 e. The summed E-state index contributed by atoms with van der Waals surface area (Å²) in [5.74, 6) is 0.833. The summed E-state index contributed by atoms with van der Waals surface area (Å²) in [5.41, 5.74) is 3.40. The van der Waals surface area contributed by atoms with E-state index in [4.69, 9.17) is 9.72 Å². The molecule has 8 nitrogen and oxygen atoms in total. The average molecular weight is 340 g/mol. The molecule has 0 aromatic carbocycles. The standard InChI is InChI=1S/C17H20N6O2/c1-3-13(24)11-8-14(23-6-7-25-9-10(23)2)19-17-15(11)21-22-16(17)12-4-5-18-20-12/h4-5,8,10H,3,6-7,9H2,1-2H3,(H,18,20)(H,21,22)/t10-/m1/s1. The largest absolute Gasteiger partial charge is 0.377 e. The summed E-state index contributed by atoms with van der Waals surface area (Å²) in [6.45, 7) is 6.00. The molecule has 3 aromatic heterocycles. The van der Waals surface area contributed by atoms with Crippen LogP contribution in [-0.2, 0) is 4.74 Å². The van der Waals surface area contributed by atoms with Crippen LogP contribution in [-0.4, -0.2) is 57.0 Å². The van der Waals surface area contributed by atoms with E-state index >= 15 is 0 Å². The second kappa shape index (κ2) is 6.29. The summed E-state index contributed by atoms with van der Waals surface area (Å²) in [7, 11) is 0. The van der Waals surface area contributed by atoms with Gasteiger partial charge in [-0.25, -0.2) is 4.98 Å². The Morgan fingerprint density at radius 2 is 2.28 bits per heavy atom. The lowest BCUT2D eigenvalue weighted by atomic mass is 10.1. The minimum atomic E-state index is 0.0530. The third-order valence-electron chi connectivity index (χ3n) is 4.55. The topological polar surface area (TPSA) is 99.8 Å². The van der Waals surface area contributed by atoms with Crippen molar-refractivity contribution >= 4 is 22.6 Å². The minimum absolute atomic E-state index is 0.0530. The first-order chi connectivity index (χ1) is 12.2. The Morgan fingerprint density at radius 1 is 1.40 bits per heavy atom. The molecule has 0 saturated carbocycles. The number of rotatable bonds is 4. The number of hydrogen-bond donors (Lipinski definition) is 2. The van der Waals surface area contributed by atoms with Gasteiger partial charge in [0.25, 0.3) is 0 Å². The van der Waals surface area contributed by atoms with E-state index in [2.05, 4.69) is 32.2 Å². The van der Waals surface area contributed by atoms with E-state index in [0.29, 0.717) is 36.2 Å². The number of hydrogen-bond acceptors (Lipinski definition) is 6. The molecule has 3 aromatic rings. The van der Waals surface area contributed by atoms with Gasteiger partial charge in [-0.15, -0.1) is 0 Å². The Bertz CT molecular complexity index is 901. The molecule has 1 aliphatic rings. The van der Waals surface area contributed by atoms with Gasteiger partial charge in [0.05, 0.1) is 30.5 Å². The molecule has 1 aliphatic heterocycles. The molecule has 1 saturated heterocycles. The van der Waals surface area contributed by atoms with E-state index in [0.717, 1.165) is 23.8 Å². The molecule has 0 amide bonds. The van der Waals surface area contributed by atoms with E-state index < -0.39 is 0 Å². The number of carbonyl (C=O) groups excluding carboxylic acids is 1. The quantitative estimate of drug-likeness (QED) is 0.706. The number of ketones is 1. The molecule has 4 heterocycles. The minimum Gasteiger partial charge on any atom is -0.377 e. The number of fused-ring (bicyclic) bond motifs is 1. The van der Waals surface area contributed by atoms with Crippen LogP contribution in [0.3, 0.4) is 0 Å². The van der Waals surface area contributed by atoms with E-state index in [-0.39, 0.29) is 11.8 Å².